The van der Waals surface area contributed by atoms with Gasteiger partial charge in [-0.05, 0) is 37.6 Å². The smallest absolute Gasteiger partial charge is 0.238 e. The van der Waals surface area contributed by atoms with Crippen LogP contribution in [0.2, 0.25) is 0 Å². The van der Waals surface area contributed by atoms with E-state index < -0.39 is 0 Å². The van der Waals surface area contributed by atoms with E-state index in [1.165, 1.54) is 0 Å². The van der Waals surface area contributed by atoms with Gasteiger partial charge in [-0.1, -0.05) is 22.9 Å². The highest BCUT2D eigenvalue weighted by Crippen LogP contribution is 2.13. The van der Waals surface area contributed by atoms with Gasteiger partial charge in [-0.25, -0.2) is 0 Å². The third-order valence-electron chi connectivity index (χ3n) is 2.35. The lowest BCUT2D eigenvalue weighted by Gasteiger charge is -2.11. The number of carbonyl (C=O) groups is 1. The molecule has 0 heterocycles. The summed E-state index contributed by atoms with van der Waals surface area (Å²) in [6.07, 6.45) is 1.02. The van der Waals surface area contributed by atoms with Crippen LogP contribution in [-0.4, -0.2) is 18.5 Å². The first-order valence-electron chi connectivity index (χ1n) is 5.40. The van der Waals surface area contributed by atoms with Crippen LogP contribution in [0.1, 0.15) is 20.3 Å². The second kappa shape index (κ2) is 6.66. The molecule has 1 atom stereocenters. The number of nitrogens with one attached hydrogen (secondary N) is 2. The van der Waals surface area contributed by atoms with Crippen molar-refractivity contribution in [2.24, 2.45) is 0 Å². The predicted octanol–water partition coefficient (Wildman–Crippen LogP) is 2.78. The minimum atomic E-state index is -0.0115. The molecule has 0 bridgehead atoms. The van der Waals surface area contributed by atoms with E-state index in [9.17, 15) is 4.79 Å². The molecule has 0 aromatic heterocycles. The Labute approximate surface area is 105 Å². The Hall–Kier alpha value is -0.870. The topological polar surface area (TPSA) is 41.1 Å². The Morgan fingerprint density at radius 2 is 2.00 bits per heavy atom. The van der Waals surface area contributed by atoms with Crippen LogP contribution in [0, 0.1) is 0 Å². The molecule has 1 amide bonds. The Balaban J connectivity index is 2.37. The summed E-state index contributed by atoms with van der Waals surface area (Å²) in [6, 6.07) is 7.90. The largest absolute Gasteiger partial charge is 0.325 e. The number of hydrogen-bond acceptors (Lipinski definition) is 2. The van der Waals surface area contributed by atoms with Crippen molar-refractivity contribution in [3.8, 4) is 0 Å². The maximum atomic E-state index is 11.5. The zero-order valence-corrected chi connectivity index (χ0v) is 11.2. The second-order valence-corrected chi connectivity index (χ2v) is 4.66. The van der Waals surface area contributed by atoms with E-state index >= 15 is 0 Å². The summed E-state index contributed by atoms with van der Waals surface area (Å²) in [6.45, 7) is 4.50. The molecule has 3 nitrogen and oxygen atoms in total. The van der Waals surface area contributed by atoms with Crippen molar-refractivity contribution in [3.05, 3.63) is 28.7 Å². The van der Waals surface area contributed by atoms with Crippen LogP contribution in [0.5, 0.6) is 0 Å². The van der Waals surface area contributed by atoms with Gasteiger partial charge in [-0.15, -0.1) is 0 Å². The van der Waals surface area contributed by atoms with Crippen LogP contribution >= 0.6 is 15.9 Å². The molecule has 88 valence electrons. The Bertz CT molecular complexity index is 337. The monoisotopic (exact) mass is 284 g/mol. The zero-order chi connectivity index (χ0) is 12.0. The van der Waals surface area contributed by atoms with E-state index in [2.05, 4.69) is 40.4 Å². The van der Waals surface area contributed by atoms with Gasteiger partial charge in [0.05, 0.1) is 6.54 Å². The normalized spacial score (nSPS) is 12.2. The molecule has 4 heteroatoms. The SMILES string of the molecule is CC[C@H](C)NCC(=O)Nc1ccc(Br)cc1. The van der Waals surface area contributed by atoms with Crippen molar-refractivity contribution in [1.82, 2.24) is 5.32 Å². The van der Waals surface area contributed by atoms with E-state index in [1.54, 1.807) is 0 Å². The summed E-state index contributed by atoms with van der Waals surface area (Å²) in [5.41, 5.74) is 0.819. The lowest BCUT2D eigenvalue weighted by atomic mass is 10.2. The van der Waals surface area contributed by atoms with Crippen LogP contribution < -0.4 is 10.6 Å². The van der Waals surface area contributed by atoms with Crippen molar-refractivity contribution in [2.45, 2.75) is 26.3 Å². The van der Waals surface area contributed by atoms with Crippen molar-refractivity contribution in [1.29, 1.82) is 0 Å². The molecule has 1 aromatic rings. The average Bonchev–Trinajstić information content (AvgIpc) is 2.29. The number of hydrogen-bond donors (Lipinski definition) is 2. The quantitative estimate of drug-likeness (QED) is 0.873. The first-order chi connectivity index (χ1) is 7.61. The third kappa shape index (κ3) is 4.77. The summed E-state index contributed by atoms with van der Waals surface area (Å²) in [7, 11) is 0. The predicted molar refractivity (Wildman–Crippen MR) is 70.5 cm³/mol. The van der Waals surface area contributed by atoms with Gasteiger partial charge in [0.15, 0.2) is 0 Å². The number of amides is 1. The molecule has 0 aliphatic heterocycles. The highest BCUT2D eigenvalue weighted by molar-refractivity contribution is 9.10. The van der Waals surface area contributed by atoms with Gasteiger partial charge in [0.2, 0.25) is 5.91 Å². The minimum Gasteiger partial charge on any atom is -0.325 e. The first kappa shape index (κ1) is 13.2. The Morgan fingerprint density at radius 1 is 1.38 bits per heavy atom. The van der Waals surface area contributed by atoms with Gasteiger partial charge >= 0.3 is 0 Å². The lowest BCUT2D eigenvalue weighted by molar-refractivity contribution is -0.115. The standard InChI is InChI=1S/C12H17BrN2O/c1-3-9(2)14-8-12(16)15-11-6-4-10(13)5-7-11/h4-7,9,14H,3,8H2,1-2H3,(H,15,16)/t9-/m0/s1. The molecule has 0 aliphatic carbocycles. The third-order valence-corrected chi connectivity index (χ3v) is 2.88. The van der Waals surface area contributed by atoms with E-state index in [-0.39, 0.29) is 5.91 Å². The molecule has 0 unspecified atom stereocenters. The molecule has 0 aliphatic rings. The Morgan fingerprint density at radius 3 is 2.56 bits per heavy atom. The summed E-state index contributed by atoms with van der Waals surface area (Å²) >= 11 is 3.35. The molecule has 1 rings (SSSR count). The molecule has 0 fully saturated rings. The van der Waals surface area contributed by atoms with Crippen LogP contribution in [-0.2, 0) is 4.79 Å². The molecule has 0 saturated carbocycles. The fourth-order valence-corrected chi connectivity index (χ4v) is 1.41. The van der Waals surface area contributed by atoms with Gasteiger partial charge in [0.1, 0.15) is 0 Å². The summed E-state index contributed by atoms with van der Waals surface area (Å²) in [5, 5.41) is 5.97. The molecule has 16 heavy (non-hydrogen) atoms. The van der Waals surface area contributed by atoms with Gasteiger partial charge in [0, 0.05) is 16.2 Å². The van der Waals surface area contributed by atoms with E-state index in [0.29, 0.717) is 12.6 Å². The number of benzene rings is 1. The number of anilines is 1. The van der Waals surface area contributed by atoms with Gasteiger partial charge in [-0.2, -0.15) is 0 Å². The molecular weight excluding hydrogens is 268 g/mol. The van der Waals surface area contributed by atoms with Crippen molar-refractivity contribution >= 4 is 27.5 Å². The zero-order valence-electron chi connectivity index (χ0n) is 9.59. The highest BCUT2D eigenvalue weighted by atomic mass is 79.9. The number of rotatable bonds is 5. The fourth-order valence-electron chi connectivity index (χ4n) is 1.15. The van der Waals surface area contributed by atoms with Gasteiger partial charge in [-0.3, -0.25) is 4.79 Å². The maximum Gasteiger partial charge on any atom is 0.238 e. The Kier molecular flexibility index (Phi) is 5.49. The van der Waals surface area contributed by atoms with Gasteiger partial charge < -0.3 is 10.6 Å². The first-order valence-corrected chi connectivity index (χ1v) is 6.20. The molecule has 0 radical (unpaired) electrons. The summed E-state index contributed by atoms with van der Waals surface area (Å²) in [4.78, 5) is 11.5. The minimum absolute atomic E-state index is 0.0115. The average molecular weight is 285 g/mol. The highest BCUT2D eigenvalue weighted by Gasteiger charge is 2.04. The van der Waals surface area contributed by atoms with E-state index in [4.69, 9.17) is 0 Å². The number of carbonyl (C=O) groups excluding carboxylic acids is 1. The van der Waals surface area contributed by atoms with Crippen LogP contribution in [0.25, 0.3) is 0 Å². The van der Waals surface area contributed by atoms with Crippen LogP contribution in [0.4, 0.5) is 5.69 Å². The van der Waals surface area contributed by atoms with Crippen molar-refractivity contribution in [2.75, 3.05) is 11.9 Å². The van der Waals surface area contributed by atoms with E-state index in [1.807, 2.05) is 24.3 Å². The fraction of sp³-hybridized carbons (Fsp3) is 0.417. The maximum absolute atomic E-state index is 11.5. The number of halogens is 1. The summed E-state index contributed by atoms with van der Waals surface area (Å²) in [5.74, 6) is -0.0115. The molecule has 0 spiro atoms. The molecular formula is C12H17BrN2O. The van der Waals surface area contributed by atoms with E-state index in [0.717, 1.165) is 16.6 Å². The van der Waals surface area contributed by atoms with Crippen LogP contribution in [0.3, 0.4) is 0 Å². The van der Waals surface area contributed by atoms with Gasteiger partial charge in [0.25, 0.3) is 0 Å². The lowest BCUT2D eigenvalue weighted by Crippen LogP contribution is -2.33. The summed E-state index contributed by atoms with van der Waals surface area (Å²) < 4.78 is 1.00. The van der Waals surface area contributed by atoms with Crippen molar-refractivity contribution in [3.63, 3.8) is 0 Å². The van der Waals surface area contributed by atoms with Crippen LogP contribution in [0.15, 0.2) is 28.7 Å². The van der Waals surface area contributed by atoms with Crippen molar-refractivity contribution < 1.29 is 4.79 Å². The molecule has 2 N–H and O–H groups in total. The molecule has 1 aromatic carbocycles. The molecule has 0 saturated heterocycles. The second-order valence-electron chi connectivity index (χ2n) is 3.75.